The standard InChI is InChI=1S/C15H20N6/c1-11-8-12(2-5-15(11)21-10-16-18-19-21)17-13-6-7-20(9-13)14-3-4-14/h2,5,8,10,13-14,17H,3-4,6-7,9H2,1H3. The number of hydrogen-bond acceptors (Lipinski definition) is 5. The maximum Gasteiger partial charge on any atom is 0.143 e. The fourth-order valence-corrected chi connectivity index (χ4v) is 3.19. The zero-order chi connectivity index (χ0) is 14.2. The second-order valence-corrected chi connectivity index (χ2v) is 6.11. The SMILES string of the molecule is Cc1cc(NC2CCN(C3CC3)C2)ccc1-n1cnnn1. The second kappa shape index (κ2) is 5.11. The highest BCUT2D eigenvalue weighted by atomic mass is 15.5. The van der Waals surface area contributed by atoms with E-state index in [1.54, 1.807) is 11.0 Å². The van der Waals surface area contributed by atoms with Gasteiger partial charge in [0.1, 0.15) is 6.33 Å². The molecule has 0 amide bonds. The molecule has 0 spiro atoms. The van der Waals surface area contributed by atoms with Gasteiger partial charge in [0.15, 0.2) is 0 Å². The molecule has 1 saturated heterocycles. The molecule has 6 nitrogen and oxygen atoms in total. The maximum atomic E-state index is 3.95. The molecule has 2 fully saturated rings. The van der Waals surface area contributed by atoms with Gasteiger partial charge in [-0.15, -0.1) is 5.10 Å². The Balaban J connectivity index is 1.45. The molecular formula is C15H20N6. The van der Waals surface area contributed by atoms with Gasteiger partial charge in [-0.1, -0.05) is 0 Å². The Morgan fingerprint density at radius 3 is 2.86 bits per heavy atom. The van der Waals surface area contributed by atoms with Gasteiger partial charge in [0.2, 0.25) is 0 Å². The highest BCUT2D eigenvalue weighted by Gasteiger charge is 2.34. The van der Waals surface area contributed by atoms with E-state index < -0.39 is 0 Å². The van der Waals surface area contributed by atoms with E-state index in [-0.39, 0.29) is 0 Å². The lowest BCUT2D eigenvalue weighted by Gasteiger charge is -2.17. The van der Waals surface area contributed by atoms with Gasteiger partial charge in [0.25, 0.3) is 0 Å². The van der Waals surface area contributed by atoms with Crippen molar-refractivity contribution in [3.05, 3.63) is 30.1 Å². The fraction of sp³-hybridized carbons (Fsp3) is 0.533. The zero-order valence-electron chi connectivity index (χ0n) is 12.2. The average molecular weight is 284 g/mol. The summed E-state index contributed by atoms with van der Waals surface area (Å²) in [6.07, 6.45) is 5.66. The van der Waals surface area contributed by atoms with Crippen LogP contribution in [0.5, 0.6) is 0 Å². The molecule has 0 radical (unpaired) electrons. The highest BCUT2D eigenvalue weighted by Crippen LogP contribution is 2.30. The molecule has 110 valence electrons. The summed E-state index contributed by atoms with van der Waals surface area (Å²) in [4.78, 5) is 2.62. The van der Waals surface area contributed by atoms with E-state index in [2.05, 4.69) is 50.9 Å². The molecule has 1 saturated carbocycles. The van der Waals surface area contributed by atoms with Gasteiger partial charge in [0.05, 0.1) is 5.69 Å². The van der Waals surface area contributed by atoms with E-state index in [4.69, 9.17) is 0 Å². The minimum Gasteiger partial charge on any atom is -0.381 e. The van der Waals surface area contributed by atoms with Gasteiger partial charge >= 0.3 is 0 Å². The van der Waals surface area contributed by atoms with Gasteiger partial charge in [0, 0.05) is 30.9 Å². The first-order valence-electron chi connectivity index (χ1n) is 7.64. The van der Waals surface area contributed by atoms with E-state index in [1.807, 2.05) is 0 Å². The van der Waals surface area contributed by atoms with Crippen LogP contribution in [0.3, 0.4) is 0 Å². The largest absolute Gasteiger partial charge is 0.381 e. The number of aryl methyl sites for hydroxylation is 1. The van der Waals surface area contributed by atoms with E-state index in [0.29, 0.717) is 6.04 Å². The third kappa shape index (κ3) is 2.63. The van der Waals surface area contributed by atoms with E-state index >= 15 is 0 Å². The summed E-state index contributed by atoms with van der Waals surface area (Å²) < 4.78 is 1.70. The molecule has 0 bridgehead atoms. The van der Waals surface area contributed by atoms with Crippen molar-refractivity contribution in [2.24, 2.45) is 0 Å². The van der Waals surface area contributed by atoms with Crippen LogP contribution in [-0.2, 0) is 0 Å². The average Bonchev–Trinajstić information content (AvgIpc) is 2.99. The molecule has 1 N–H and O–H groups in total. The number of nitrogens with zero attached hydrogens (tertiary/aromatic N) is 5. The van der Waals surface area contributed by atoms with Crippen molar-refractivity contribution in [2.75, 3.05) is 18.4 Å². The molecule has 2 aliphatic rings. The van der Waals surface area contributed by atoms with Crippen molar-refractivity contribution in [3.8, 4) is 5.69 Å². The van der Waals surface area contributed by atoms with Crippen LogP contribution in [0.2, 0.25) is 0 Å². The zero-order valence-corrected chi connectivity index (χ0v) is 12.2. The normalized spacial score (nSPS) is 22.6. The summed E-state index contributed by atoms with van der Waals surface area (Å²) in [6.45, 7) is 4.51. The summed E-state index contributed by atoms with van der Waals surface area (Å²) in [6, 6.07) is 7.81. The Labute approximate surface area is 124 Å². The third-order valence-corrected chi connectivity index (χ3v) is 4.45. The topological polar surface area (TPSA) is 58.9 Å². The highest BCUT2D eigenvalue weighted by molar-refractivity contribution is 5.53. The number of tetrazole rings is 1. The minimum absolute atomic E-state index is 0.573. The maximum absolute atomic E-state index is 3.95. The molecule has 2 heterocycles. The third-order valence-electron chi connectivity index (χ3n) is 4.45. The summed E-state index contributed by atoms with van der Waals surface area (Å²) in [5, 5.41) is 15.0. The Bertz CT molecular complexity index is 619. The fourth-order valence-electron chi connectivity index (χ4n) is 3.19. The van der Waals surface area contributed by atoms with Crippen LogP contribution in [0, 0.1) is 6.92 Å². The number of benzene rings is 1. The molecule has 1 atom stereocenters. The van der Waals surface area contributed by atoms with E-state index in [0.717, 1.165) is 11.7 Å². The van der Waals surface area contributed by atoms with E-state index in [1.165, 1.54) is 43.6 Å². The number of likely N-dealkylation sites (tertiary alicyclic amines) is 1. The first-order valence-corrected chi connectivity index (χ1v) is 7.64. The molecule has 1 aromatic heterocycles. The number of anilines is 1. The van der Waals surface area contributed by atoms with Gasteiger partial charge in [-0.25, -0.2) is 4.68 Å². The van der Waals surface area contributed by atoms with Gasteiger partial charge in [-0.3, -0.25) is 4.90 Å². The van der Waals surface area contributed by atoms with Crippen LogP contribution in [0.25, 0.3) is 5.69 Å². The quantitative estimate of drug-likeness (QED) is 0.924. The molecule has 21 heavy (non-hydrogen) atoms. The number of nitrogens with one attached hydrogen (secondary N) is 1. The van der Waals surface area contributed by atoms with Crippen LogP contribution < -0.4 is 5.32 Å². The van der Waals surface area contributed by atoms with E-state index in [9.17, 15) is 0 Å². The van der Waals surface area contributed by atoms with Crippen molar-refractivity contribution in [1.29, 1.82) is 0 Å². The predicted octanol–water partition coefficient (Wildman–Crippen LogP) is 1.62. The van der Waals surface area contributed by atoms with Crippen molar-refractivity contribution in [3.63, 3.8) is 0 Å². The Morgan fingerprint density at radius 1 is 1.24 bits per heavy atom. The number of rotatable bonds is 4. The molecular weight excluding hydrogens is 264 g/mol. The van der Waals surface area contributed by atoms with Crippen molar-refractivity contribution < 1.29 is 0 Å². The van der Waals surface area contributed by atoms with Gasteiger partial charge in [-0.05, 0) is 60.4 Å². The minimum atomic E-state index is 0.573. The van der Waals surface area contributed by atoms with Crippen molar-refractivity contribution in [2.45, 2.75) is 38.3 Å². The van der Waals surface area contributed by atoms with Crippen LogP contribution in [0.4, 0.5) is 5.69 Å². The lowest BCUT2D eigenvalue weighted by atomic mass is 10.1. The number of aromatic nitrogens is 4. The van der Waals surface area contributed by atoms with Crippen LogP contribution in [0.1, 0.15) is 24.8 Å². The lowest BCUT2D eigenvalue weighted by Crippen LogP contribution is -2.27. The first-order chi connectivity index (χ1) is 10.3. The van der Waals surface area contributed by atoms with Crippen molar-refractivity contribution >= 4 is 5.69 Å². The van der Waals surface area contributed by atoms with Crippen LogP contribution in [0.15, 0.2) is 24.5 Å². The molecule has 2 aromatic rings. The lowest BCUT2D eigenvalue weighted by molar-refractivity contribution is 0.326. The summed E-state index contributed by atoms with van der Waals surface area (Å²) in [7, 11) is 0. The van der Waals surface area contributed by atoms with Crippen molar-refractivity contribution in [1.82, 2.24) is 25.1 Å². The molecule has 1 aromatic carbocycles. The Kier molecular flexibility index (Phi) is 3.11. The van der Waals surface area contributed by atoms with Gasteiger partial charge < -0.3 is 5.32 Å². The Hall–Kier alpha value is -1.95. The van der Waals surface area contributed by atoms with Crippen LogP contribution >= 0.6 is 0 Å². The summed E-state index contributed by atoms with van der Waals surface area (Å²) in [5.74, 6) is 0. The molecule has 1 unspecified atom stereocenters. The van der Waals surface area contributed by atoms with Gasteiger partial charge in [-0.2, -0.15) is 0 Å². The smallest absolute Gasteiger partial charge is 0.143 e. The summed E-state index contributed by atoms with van der Waals surface area (Å²) in [5.41, 5.74) is 3.38. The molecule has 1 aliphatic heterocycles. The second-order valence-electron chi connectivity index (χ2n) is 6.11. The summed E-state index contributed by atoms with van der Waals surface area (Å²) >= 11 is 0. The first kappa shape index (κ1) is 12.8. The molecule has 4 rings (SSSR count). The Morgan fingerprint density at radius 2 is 2.14 bits per heavy atom. The molecule has 6 heteroatoms. The predicted molar refractivity (Wildman–Crippen MR) is 80.5 cm³/mol. The monoisotopic (exact) mass is 284 g/mol. The number of hydrogen-bond donors (Lipinski definition) is 1. The van der Waals surface area contributed by atoms with Crippen LogP contribution in [-0.4, -0.2) is 50.3 Å². The molecule has 1 aliphatic carbocycles.